The summed E-state index contributed by atoms with van der Waals surface area (Å²) in [6, 6.07) is 9.07. The number of aliphatic hydroxyl groups excluding tert-OH is 1. The number of carbonyl (C=O) groups is 2. The topological polar surface area (TPSA) is 102 Å². The molecule has 1 amide bonds. The summed E-state index contributed by atoms with van der Waals surface area (Å²) >= 11 is 1.22. The third-order valence-electron chi connectivity index (χ3n) is 4.79. The molecule has 0 radical (unpaired) electrons. The lowest BCUT2D eigenvalue weighted by Crippen LogP contribution is -2.31. The molecule has 0 spiro atoms. The van der Waals surface area contributed by atoms with Crippen molar-refractivity contribution in [2.75, 3.05) is 19.1 Å². The van der Waals surface area contributed by atoms with Crippen molar-refractivity contribution in [3.05, 3.63) is 69.3 Å². The van der Waals surface area contributed by atoms with E-state index in [9.17, 15) is 14.7 Å². The number of aromatic nitrogens is 1. The summed E-state index contributed by atoms with van der Waals surface area (Å²) in [4.78, 5) is 28.0. The largest absolute Gasteiger partial charge is 0.503 e. The number of carbonyl (C=O) groups excluding carboxylic acids is 2. The van der Waals surface area contributed by atoms with Gasteiger partial charge in [0, 0.05) is 11.6 Å². The van der Waals surface area contributed by atoms with Gasteiger partial charge in [0.2, 0.25) is 5.78 Å². The van der Waals surface area contributed by atoms with Crippen LogP contribution in [0.5, 0.6) is 11.5 Å². The first-order chi connectivity index (χ1) is 14.5. The van der Waals surface area contributed by atoms with E-state index >= 15 is 0 Å². The number of rotatable bonds is 6. The van der Waals surface area contributed by atoms with Crippen molar-refractivity contribution in [3.8, 4) is 11.5 Å². The second kappa shape index (κ2) is 7.68. The van der Waals surface area contributed by atoms with Crippen molar-refractivity contribution in [1.29, 1.82) is 0 Å². The van der Waals surface area contributed by atoms with Crippen LogP contribution in [0.2, 0.25) is 0 Å². The predicted molar refractivity (Wildman–Crippen MR) is 109 cm³/mol. The third-order valence-corrected chi connectivity index (χ3v) is 5.66. The van der Waals surface area contributed by atoms with E-state index in [-0.39, 0.29) is 11.4 Å². The fraction of sp³-hybridized carbons (Fsp3) is 0.190. The normalized spacial score (nSPS) is 16.3. The van der Waals surface area contributed by atoms with E-state index in [2.05, 4.69) is 5.16 Å². The first-order valence-corrected chi connectivity index (χ1v) is 9.85. The molecule has 154 valence electrons. The molecule has 0 aliphatic carbocycles. The van der Waals surface area contributed by atoms with Crippen molar-refractivity contribution in [3.63, 3.8) is 0 Å². The Morgan fingerprint density at radius 3 is 2.63 bits per heavy atom. The molecule has 9 heteroatoms. The quantitative estimate of drug-likeness (QED) is 0.598. The fourth-order valence-corrected chi connectivity index (χ4v) is 4.18. The Morgan fingerprint density at radius 1 is 1.23 bits per heavy atom. The highest BCUT2D eigenvalue weighted by molar-refractivity contribution is 7.12. The van der Waals surface area contributed by atoms with Gasteiger partial charge >= 0.3 is 0 Å². The van der Waals surface area contributed by atoms with Gasteiger partial charge < -0.3 is 19.1 Å². The van der Waals surface area contributed by atoms with Gasteiger partial charge in [-0.25, -0.2) is 0 Å². The second-order valence-corrected chi connectivity index (χ2v) is 7.47. The van der Waals surface area contributed by atoms with Gasteiger partial charge in [0.1, 0.15) is 11.8 Å². The van der Waals surface area contributed by atoms with Gasteiger partial charge in [-0.3, -0.25) is 14.5 Å². The summed E-state index contributed by atoms with van der Waals surface area (Å²) in [6.45, 7) is 1.68. The van der Waals surface area contributed by atoms with Gasteiger partial charge in [0.15, 0.2) is 23.1 Å². The van der Waals surface area contributed by atoms with Gasteiger partial charge in [-0.05, 0) is 24.4 Å². The predicted octanol–water partition coefficient (Wildman–Crippen LogP) is 3.84. The average molecular weight is 426 g/mol. The van der Waals surface area contributed by atoms with Gasteiger partial charge in [-0.15, -0.1) is 11.3 Å². The number of hydrogen-bond acceptors (Lipinski definition) is 8. The van der Waals surface area contributed by atoms with Crippen LogP contribution in [0.3, 0.4) is 0 Å². The van der Waals surface area contributed by atoms with Crippen molar-refractivity contribution < 1.29 is 28.7 Å². The number of benzene rings is 1. The molecular weight excluding hydrogens is 408 g/mol. The highest BCUT2D eigenvalue weighted by Crippen LogP contribution is 2.47. The first-order valence-electron chi connectivity index (χ1n) is 8.97. The molecule has 0 saturated heterocycles. The Hall–Kier alpha value is -3.59. The zero-order valence-corrected chi connectivity index (χ0v) is 17.2. The molecule has 1 aromatic carbocycles. The molecule has 1 atom stereocenters. The molecule has 0 fully saturated rings. The summed E-state index contributed by atoms with van der Waals surface area (Å²) < 4.78 is 16.0. The molecule has 0 unspecified atom stereocenters. The average Bonchev–Trinajstić information content (AvgIpc) is 3.48. The van der Waals surface area contributed by atoms with Crippen LogP contribution < -0.4 is 14.4 Å². The van der Waals surface area contributed by atoms with Crippen LogP contribution in [0.4, 0.5) is 5.82 Å². The number of Topliss-reactive ketones (excluding diaryl/α,β-unsaturated/α-hetero) is 1. The number of hydrogen-bond donors (Lipinski definition) is 1. The Labute approximate surface area is 175 Å². The monoisotopic (exact) mass is 426 g/mol. The second-order valence-electron chi connectivity index (χ2n) is 6.52. The number of thiophene rings is 1. The zero-order valence-electron chi connectivity index (χ0n) is 16.4. The number of aliphatic hydroxyl groups is 1. The fourth-order valence-electron chi connectivity index (χ4n) is 3.50. The SMILES string of the molecule is COc1cccc([C@H]2C(C(=O)c3cccs3)=C(O)C(=O)N2c2cc(C)on2)c1OC. The van der Waals surface area contributed by atoms with E-state index < -0.39 is 23.5 Å². The van der Waals surface area contributed by atoms with E-state index in [4.69, 9.17) is 14.0 Å². The summed E-state index contributed by atoms with van der Waals surface area (Å²) in [5, 5.41) is 16.4. The molecule has 4 rings (SSSR count). The Kier molecular flexibility index (Phi) is 5.04. The number of amides is 1. The molecule has 3 aromatic rings. The van der Waals surface area contributed by atoms with Crippen molar-refractivity contribution in [1.82, 2.24) is 5.16 Å². The number of para-hydroxylation sites is 1. The van der Waals surface area contributed by atoms with Gasteiger partial charge in [0.25, 0.3) is 5.91 Å². The van der Waals surface area contributed by atoms with Crippen LogP contribution in [0.15, 0.2) is 57.6 Å². The molecule has 8 nitrogen and oxygen atoms in total. The number of ether oxygens (including phenoxy) is 2. The number of anilines is 1. The first kappa shape index (κ1) is 19.7. The number of ketones is 1. The molecule has 3 heterocycles. The maximum Gasteiger partial charge on any atom is 0.295 e. The summed E-state index contributed by atoms with van der Waals surface area (Å²) in [5.74, 6) is -0.419. The maximum absolute atomic E-state index is 13.3. The lowest BCUT2D eigenvalue weighted by molar-refractivity contribution is -0.117. The number of aryl methyl sites for hydroxylation is 1. The smallest absolute Gasteiger partial charge is 0.295 e. The molecular formula is C21H18N2O6S. The van der Waals surface area contributed by atoms with E-state index in [1.54, 1.807) is 48.7 Å². The molecule has 2 aromatic heterocycles. The van der Waals surface area contributed by atoms with Gasteiger partial charge in [-0.2, -0.15) is 0 Å². The Balaban J connectivity index is 1.95. The van der Waals surface area contributed by atoms with E-state index in [0.29, 0.717) is 27.7 Å². The molecule has 0 saturated carbocycles. The third kappa shape index (κ3) is 3.03. The standard InChI is InChI=1S/C21H18N2O6S/c1-11-10-15(22-29-11)23-17(12-6-4-7-13(27-2)20(12)28-3)16(19(25)21(23)26)18(24)14-8-5-9-30-14/h4-10,17,25H,1-3H3/t17-/m0/s1. The minimum absolute atomic E-state index is 0.0605. The van der Waals surface area contributed by atoms with Crippen LogP contribution >= 0.6 is 11.3 Å². The van der Waals surface area contributed by atoms with Crippen molar-refractivity contribution >= 4 is 28.8 Å². The van der Waals surface area contributed by atoms with Crippen LogP contribution in [0.25, 0.3) is 0 Å². The molecule has 1 aliphatic heterocycles. The van der Waals surface area contributed by atoms with Crippen molar-refractivity contribution in [2.45, 2.75) is 13.0 Å². The van der Waals surface area contributed by atoms with E-state index in [0.717, 1.165) is 0 Å². The summed E-state index contributed by atoms with van der Waals surface area (Å²) in [6.07, 6.45) is 0. The summed E-state index contributed by atoms with van der Waals surface area (Å²) in [5.41, 5.74) is 0.407. The van der Waals surface area contributed by atoms with Crippen LogP contribution in [-0.2, 0) is 4.79 Å². The van der Waals surface area contributed by atoms with Crippen LogP contribution in [-0.4, -0.2) is 36.2 Å². The molecule has 1 N–H and O–H groups in total. The molecule has 1 aliphatic rings. The van der Waals surface area contributed by atoms with E-state index in [1.807, 2.05) is 0 Å². The lowest BCUT2D eigenvalue weighted by atomic mass is 9.94. The number of methoxy groups -OCH3 is 2. The highest BCUT2D eigenvalue weighted by atomic mass is 32.1. The minimum Gasteiger partial charge on any atom is -0.503 e. The maximum atomic E-state index is 13.3. The van der Waals surface area contributed by atoms with Crippen molar-refractivity contribution in [2.24, 2.45) is 0 Å². The van der Waals surface area contributed by atoms with Crippen LogP contribution in [0.1, 0.15) is 27.0 Å². The Bertz CT molecular complexity index is 1150. The van der Waals surface area contributed by atoms with Crippen LogP contribution in [0, 0.1) is 6.92 Å². The minimum atomic E-state index is -0.985. The van der Waals surface area contributed by atoms with Gasteiger partial charge in [-0.1, -0.05) is 23.4 Å². The number of nitrogens with zero attached hydrogens (tertiary/aromatic N) is 2. The molecule has 0 bridgehead atoms. The lowest BCUT2D eigenvalue weighted by Gasteiger charge is -2.26. The Morgan fingerprint density at radius 2 is 2.03 bits per heavy atom. The molecule has 30 heavy (non-hydrogen) atoms. The van der Waals surface area contributed by atoms with Gasteiger partial charge in [0.05, 0.1) is 24.7 Å². The van der Waals surface area contributed by atoms with E-state index in [1.165, 1.54) is 30.5 Å². The highest BCUT2D eigenvalue weighted by Gasteiger charge is 2.47. The summed E-state index contributed by atoms with van der Waals surface area (Å²) in [7, 11) is 2.96. The zero-order chi connectivity index (χ0) is 21.4.